The van der Waals surface area contributed by atoms with Gasteiger partial charge in [-0.1, -0.05) is 6.07 Å². The van der Waals surface area contributed by atoms with Crippen LogP contribution in [0.4, 0.5) is 10.1 Å². The SMILES string of the molecule is CCNC(=NCc1ccc(-n2ccnc2)c(F)c1)N1CCN(c2cnn(C)c2)C(=O)C1. The number of rotatable bonds is 5. The summed E-state index contributed by atoms with van der Waals surface area (Å²) in [5, 5.41) is 7.37. The summed E-state index contributed by atoms with van der Waals surface area (Å²) in [5.41, 5.74) is 1.98. The molecule has 162 valence electrons. The van der Waals surface area contributed by atoms with Gasteiger partial charge in [-0.15, -0.1) is 0 Å². The molecule has 10 heteroatoms. The summed E-state index contributed by atoms with van der Waals surface area (Å²) in [4.78, 5) is 24.9. The van der Waals surface area contributed by atoms with Crippen molar-refractivity contribution in [3.8, 4) is 5.69 Å². The first kappa shape index (κ1) is 20.6. The Hall–Kier alpha value is -3.69. The van der Waals surface area contributed by atoms with Gasteiger partial charge in [0, 0.05) is 45.3 Å². The predicted octanol–water partition coefficient (Wildman–Crippen LogP) is 1.56. The number of halogens is 1. The second kappa shape index (κ2) is 8.99. The topological polar surface area (TPSA) is 83.6 Å². The smallest absolute Gasteiger partial charge is 0.246 e. The van der Waals surface area contributed by atoms with E-state index in [9.17, 15) is 9.18 Å². The Bertz CT molecular complexity index is 1080. The number of nitrogens with one attached hydrogen (secondary N) is 1. The fourth-order valence-corrected chi connectivity index (χ4v) is 3.53. The number of benzene rings is 1. The number of anilines is 1. The van der Waals surface area contributed by atoms with Crippen molar-refractivity contribution in [2.24, 2.45) is 12.0 Å². The zero-order chi connectivity index (χ0) is 21.8. The van der Waals surface area contributed by atoms with Gasteiger partial charge in [-0.25, -0.2) is 14.4 Å². The third-order valence-electron chi connectivity index (χ3n) is 5.06. The molecule has 1 fully saturated rings. The molecule has 0 unspecified atom stereocenters. The summed E-state index contributed by atoms with van der Waals surface area (Å²) in [6.45, 7) is 4.35. The van der Waals surface area contributed by atoms with E-state index in [0.29, 0.717) is 37.8 Å². The lowest BCUT2D eigenvalue weighted by atomic mass is 10.2. The highest BCUT2D eigenvalue weighted by atomic mass is 19.1. The van der Waals surface area contributed by atoms with Crippen LogP contribution < -0.4 is 10.2 Å². The normalized spacial score (nSPS) is 14.9. The maximum absolute atomic E-state index is 14.5. The van der Waals surface area contributed by atoms with Gasteiger partial charge < -0.3 is 19.7 Å². The van der Waals surface area contributed by atoms with Gasteiger partial charge in [-0.05, 0) is 24.6 Å². The largest absolute Gasteiger partial charge is 0.356 e. The number of imidazole rings is 1. The quantitative estimate of drug-likeness (QED) is 0.497. The minimum absolute atomic E-state index is 0.0133. The summed E-state index contributed by atoms with van der Waals surface area (Å²) in [6, 6.07) is 5.04. The van der Waals surface area contributed by atoms with Crippen molar-refractivity contribution in [3.05, 3.63) is 60.7 Å². The Labute approximate surface area is 179 Å². The summed E-state index contributed by atoms with van der Waals surface area (Å²) >= 11 is 0. The minimum atomic E-state index is -0.337. The number of aryl methyl sites for hydroxylation is 1. The molecule has 0 saturated carbocycles. The number of hydrogen-bond acceptors (Lipinski definition) is 4. The standard InChI is InChI=1S/C21H25FN8O/c1-3-24-21(28-8-9-30(20(31)14-28)17-12-26-27(2)13-17)25-11-16-4-5-19(18(22)10-16)29-7-6-23-15-29/h4-7,10,12-13,15H,3,8-9,11,14H2,1-2H3,(H,24,25). The lowest BCUT2D eigenvalue weighted by molar-refractivity contribution is -0.120. The van der Waals surface area contributed by atoms with Crippen LogP contribution in [0, 0.1) is 5.82 Å². The Morgan fingerprint density at radius 3 is 2.84 bits per heavy atom. The Balaban J connectivity index is 1.45. The van der Waals surface area contributed by atoms with Crippen LogP contribution in [0.15, 0.2) is 54.3 Å². The van der Waals surface area contributed by atoms with E-state index < -0.39 is 0 Å². The molecule has 1 N–H and O–H groups in total. The molecule has 3 heterocycles. The average Bonchev–Trinajstić information content (AvgIpc) is 3.43. The first-order valence-electron chi connectivity index (χ1n) is 10.1. The number of nitrogens with zero attached hydrogens (tertiary/aromatic N) is 7. The average molecular weight is 424 g/mol. The van der Waals surface area contributed by atoms with Crippen molar-refractivity contribution < 1.29 is 9.18 Å². The van der Waals surface area contributed by atoms with E-state index >= 15 is 0 Å². The molecule has 0 radical (unpaired) electrons. The molecule has 4 rings (SSSR count). The van der Waals surface area contributed by atoms with Crippen LogP contribution in [0.3, 0.4) is 0 Å². The number of carbonyl (C=O) groups excluding carboxylic acids is 1. The molecule has 0 spiro atoms. The van der Waals surface area contributed by atoms with E-state index in [-0.39, 0.29) is 18.3 Å². The Morgan fingerprint density at radius 1 is 1.32 bits per heavy atom. The van der Waals surface area contributed by atoms with Crippen molar-refractivity contribution in [1.82, 2.24) is 29.5 Å². The van der Waals surface area contributed by atoms with Crippen LogP contribution in [0.2, 0.25) is 0 Å². The summed E-state index contributed by atoms with van der Waals surface area (Å²) in [7, 11) is 1.82. The molecule has 1 amide bonds. The molecule has 1 aliphatic heterocycles. The predicted molar refractivity (Wildman–Crippen MR) is 115 cm³/mol. The molecule has 3 aromatic rings. The minimum Gasteiger partial charge on any atom is -0.356 e. The highest BCUT2D eigenvalue weighted by molar-refractivity contribution is 5.98. The maximum Gasteiger partial charge on any atom is 0.246 e. The molecule has 1 aliphatic rings. The lowest BCUT2D eigenvalue weighted by Crippen LogP contribution is -2.55. The molecule has 1 saturated heterocycles. The monoisotopic (exact) mass is 424 g/mol. The fraction of sp³-hybridized carbons (Fsp3) is 0.333. The second-order valence-electron chi connectivity index (χ2n) is 7.27. The molecule has 1 aromatic carbocycles. The third kappa shape index (κ3) is 4.57. The maximum atomic E-state index is 14.5. The van der Waals surface area contributed by atoms with E-state index in [0.717, 1.165) is 11.3 Å². The zero-order valence-electron chi connectivity index (χ0n) is 17.6. The molecule has 0 atom stereocenters. The van der Waals surface area contributed by atoms with Crippen molar-refractivity contribution in [1.29, 1.82) is 0 Å². The van der Waals surface area contributed by atoms with Crippen LogP contribution in [-0.4, -0.2) is 62.3 Å². The van der Waals surface area contributed by atoms with Gasteiger partial charge >= 0.3 is 0 Å². The van der Waals surface area contributed by atoms with Crippen molar-refractivity contribution >= 4 is 17.6 Å². The van der Waals surface area contributed by atoms with Crippen LogP contribution in [-0.2, 0) is 18.4 Å². The van der Waals surface area contributed by atoms with Gasteiger partial charge in [0.1, 0.15) is 12.4 Å². The first-order valence-corrected chi connectivity index (χ1v) is 10.1. The Kier molecular flexibility index (Phi) is 5.96. The van der Waals surface area contributed by atoms with Crippen LogP contribution in [0.1, 0.15) is 12.5 Å². The van der Waals surface area contributed by atoms with Crippen LogP contribution in [0.5, 0.6) is 0 Å². The lowest BCUT2D eigenvalue weighted by Gasteiger charge is -2.35. The molecule has 31 heavy (non-hydrogen) atoms. The van der Waals surface area contributed by atoms with Crippen LogP contribution in [0.25, 0.3) is 5.69 Å². The number of aliphatic imine (C=N–C) groups is 1. The summed E-state index contributed by atoms with van der Waals surface area (Å²) in [5.74, 6) is 0.289. The van der Waals surface area contributed by atoms with E-state index in [1.165, 1.54) is 6.07 Å². The number of hydrogen-bond donors (Lipinski definition) is 1. The van der Waals surface area contributed by atoms with Crippen molar-refractivity contribution in [2.75, 3.05) is 31.1 Å². The number of guanidine groups is 1. The van der Waals surface area contributed by atoms with E-state index in [1.54, 1.807) is 45.1 Å². The number of piperazine rings is 1. The second-order valence-corrected chi connectivity index (χ2v) is 7.27. The fourth-order valence-electron chi connectivity index (χ4n) is 3.53. The van der Waals surface area contributed by atoms with Crippen LogP contribution >= 0.6 is 0 Å². The van der Waals surface area contributed by atoms with E-state index in [1.807, 2.05) is 31.1 Å². The van der Waals surface area contributed by atoms with Crippen molar-refractivity contribution in [2.45, 2.75) is 13.5 Å². The number of amides is 1. The molecule has 0 aliphatic carbocycles. The summed E-state index contributed by atoms with van der Waals surface area (Å²) in [6.07, 6.45) is 8.38. The number of aromatic nitrogens is 4. The van der Waals surface area contributed by atoms with Gasteiger partial charge in [-0.2, -0.15) is 5.10 Å². The zero-order valence-corrected chi connectivity index (χ0v) is 17.6. The van der Waals surface area contributed by atoms with Gasteiger partial charge in [0.2, 0.25) is 5.91 Å². The van der Waals surface area contributed by atoms with E-state index in [2.05, 4.69) is 20.4 Å². The van der Waals surface area contributed by atoms with Crippen molar-refractivity contribution in [3.63, 3.8) is 0 Å². The molecule has 9 nitrogen and oxygen atoms in total. The molecular weight excluding hydrogens is 399 g/mol. The van der Waals surface area contributed by atoms with Gasteiger partial charge in [0.05, 0.1) is 30.4 Å². The number of carbonyl (C=O) groups is 1. The third-order valence-corrected chi connectivity index (χ3v) is 5.06. The molecule has 0 bridgehead atoms. The molecular formula is C21H25FN8O. The van der Waals surface area contributed by atoms with Gasteiger partial charge in [-0.3, -0.25) is 9.48 Å². The Morgan fingerprint density at radius 2 is 2.19 bits per heavy atom. The molecule has 2 aromatic heterocycles. The summed E-state index contributed by atoms with van der Waals surface area (Å²) < 4.78 is 17.8. The first-order chi connectivity index (χ1) is 15.0. The highest BCUT2D eigenvalue weighted by Crippen LogP contribution is 2.17. The van der Waals surface area contributed by atoms with E-state index in [4.69, 9.17) is 0 Å². The van der Waals surface area contributed by atoms with Gasteiger partial charge in [0.15, 0.2) is 5.96 Å². The highest BCUT2D eigenvalue weighted by Gasteiger charge is 2.27. The van der Waals surface area contributed by atoms with Gasteiger partial charge in [0.25, 0.3) is 0 Å².